The zero-order valence-electron chi connectivity index (χ0n) is 23.4. The van der Waals surface area contributed by atoms with Crippen LogP contribution in [0.25, 0.3) is 0 Å². The summed E-state index contributed by atoms with van der Waals surface area (Å²) in [7, 11) is -3.96. The highest BCUT2D eigenvalue weighted by molar-refractivity contribution is 7.91. The number of hydrogen-bond donors (Lipinski definition) is 1. The maximum Gasteiger partial charge on any atom is 0.407 e. The number of ether oxygens (including phenoxy) is 1. The van der Waals surface area contributed by atoms with Crippen LogP contribution in [0.3, 0.4) is 0 Å². The van der Waals surface area contributed by atoms with E-state index in [2.05, 4.69) is 10.4 Å². The molecule has 3 rings (SSSR count). The molecule has 1 N–H and O–H groups in total. The third-order valence-corrected chi connectivity index (χ3v) is 8.16. The Hall–Kier alpha value is -3.21. The van der Waals surface area contributed by atoms with Gasteiger partial charge in [-0.15, -0.1) is 0 Å². The van der Waals surface area contributed by atoms with Crippen LogP contribution in [0.4, 0.5) is 10.5 Å². The van der Waals surface area contributed by atoms with Crippen molar-refractivity contribution in [2.24, 2.45) is 5.41 Å². The molecule has 10 nitrogen and oxygen atoms in total. The highest BCUT2D eigenvalue weighted by atomic mass is 32.2. The molecule has 11 heteroatoms. The minimum absolute atomic E-state index is 0.0449. The van der Waals surface area contributed by atoms with Gasteiger partial charge in [0.05, 0.1) is 33.9 Å². The Kier molecular flexibility index (Phi) is 8.12. The SMILES string of the molecule is CCc1nn(CC(C)NC(=O)OC(C)(C)C)c(CC)c1S(=O)(=O)c1ccc(N2C(=O)CC(C)(C)C2=O)cc1. The average molecular weight is 547 g/mol. The first-order valence-corrected chi connectivity index (χ1v) is 14.3. The van der Waals surface area contributed by atoms with Gasteiger partial charge in [0.1, 0.15) is 10.5 Å². The molecule has 0 aliphatic carbocycles. The predicted octanol–water partition coefficient (Wildman–Crippen LogP) is 4.04. The molecule has 2 aromatic rings. The van der Waals surface area contributed by atoms with E-state index < -0.39 is 26.9 Å². The summed E-state index contributed by atoms with van der Waals surface area (Å²) in [6.45, 7) is 14.5. The Bertz CT molecular complexity index is 1340. The highest BCUT2D eigenvalue weighted by Crippen LogP contribution is 2.36. The van der Waals surface area contributed by atoms with Gasteiger partial charge in [0.15, 0.2) is 0 Å². The summed E-state index contributed by atoms with van der Waals surface area (Å²) in [6.07, 6.45) is 0.348. The predicted molar refractivity (Wildman–Crippen MR) is 143 cm³/mol. The third-order valence-electron chi connectivity index (χ3n) is 6.26. The van der Waals surface area contributed by atoms with E-state index in [9.17, 15) is 22.8 Å². The number of nitrogens with one attached hydrogen (secondary N) is 1. The van der Waals surface area contributed by atoms with Crippen molar-refractivity contribution in [3.8, 4) is 0 Å². The smallest absolute Gasteiger partial charge is 0.407 e. The molecule has 1 fully saturated rings. The zero-order chi connectivity index (χ0) is 28.6. The summed E-state index contributed by atoms with van der Waals surface area (Å²) in [4.78, 5) is 38.6. The first-order valence-electron chi connectivity index (χ1n) is 12.8. The molecule has 0 spiro atoms. The van der Waals surface area contributed by atoms with Crippen molar-refractivity contribution < 1.29 is 27.5 Å². The van der Waals surface area contributed by atoms with E-state index in [0.29, 0.717) is 29.9 Å². The van der Waals surface area contributed by atoms with Gasteiger partial charge in [-0.2, -0.15) is 5.10 Å². The van der Waals surface area contributed by atoms with Crippen molar-refractivity contribution in [1.82, 2.24) is 15.1 Å². The zero-order valence-corrected chi connectivity index (χ0v) is 24.2. The van der Waals surface area contributed by atoms with Crippen LogP contribution in [0.5, 0.6) is 0 Å². The normalized spacial score (nSPS) is 16.6. The summed E-state index contributed by atoms with van der Waals surface area (Å²) in [5.74, 6) is -0.623. The number of sulfone groups is 1. The van der Waals surface area contributed by atoms with Crippen LogP contribution in [0.2, 0.25) is 0 Å². The molecule has 38 heavy (non-hydrogen) atoms. The van der Waals surface area contributed by atoms with Gasteiger partial charge in [-0.3, -0.25) is 19.2 Å². The summed E-state index contributed by atoms with van der Waals surface area (Å²) < 4.78 is 34.5. The van der Waals surface area contributed by atoms with E-state index in [1.807, 2.05) is 13.8 Å². The van der Waals surface area contributed by atoms with Gasteiger partial charge in [0.25, 0.3) is 0 Å². The first-order chi connectivity index (χ1) is 17.5. The number of benzene rings is 1. The molecule has 0 bridgehead atoms. The van der Waals surface area contributed by atoms with Crippen molar-refractivity contribution in [3.05, 3.63) is 35.7 Å². The monoisotopic (exact) mass is 546 g/mol. The van der Waals surface area contributed by atoms with Crippen LogP contribution in [0.15, 0.2) is 34.1 Å². The largest absolute Gasteiger partial charge is 0.444 e. The average Bonchev–Trinajstić information content (AvgIpc) is 3.25. The van der Waals surface area contributed by atoms with Crippen LogP contribution in [0, 0.1) is 5.41 Å². The molecule has 1 unspecified atom stereocenters. The third kappa shape index (κ3) is 5.92. The van der Waals surface area contributed by atoms with Crippen LogP contribution >= 0.6 is 0 Å². The lowest BCUT2D eigenvalue weighted by Crippen LogP contribution is -2.40. The lowest BCUT2D eigenvalue weighted by Gasteiger charge is -2.22. The number of carbonyl (C=O) groups is 3. The molecule has 1 atom stereocenters. The lowest BCUT2D eigenvalue weighted by atomic mass is 9.92. The van der Waals surface area contributed by atoms with Crippen molar-refractivity contribution in [2.45, 2.75) is 103 Å². The van der Waals surface area contributed by atoms with Gasteiger partial charge in [-0.05, 0) is 64.8 Å². The summed E-state index contributed by atoms with van der Waals surface area (Å²) >= 11 is 0. The van der Waals surface area contributed by atoms with Gasteiger partial charge in [-0.1, -0.05) is 27.7 Å². The van der Waals surface area contributed by atoms with E-state index in [-0.39, 0.29) is 40.6 Å². The molecule has 3 amide bonds. The Morgan fingerprint density at radius 2 is 1.74 bits per heavy atom. The molecule has 1 saturated heterocycles. The quantitative estimate of drug-likeness (QED) is 0.495. The summed E-state index contributed by atoms with van der Waals surface area (Å²) in [5.41, 5.74) is -0.120. The fraction of sp³-hybridized carbons (Fsp3) is 0.556. The number of hydrogen-bond acceptors (Lipinski definition) is 7. The molecular formula is C27H38N4O6S. The van der Waals surface area contributed by atoms with Gasteiger partial charge in [-0.25, -0.2) is 13.2 Å². The van der Waals surface area contributed by atoms with E-state index in [4.69, 9.17) is 4.74 Å². The van der Waals surface area contributed by atoms with Gasteiger partial charge < -0.3 is 10.1 Å². The van der Waals surface area contributed by atoms with E-state index in [1.165, 1.54) is 24.3 Å². The second kappa shape index (κ2) is 10.5. The molecule has 1 aromatic heterocycles. The fourth-order valence-corrected chi connectivity index (χ4v) is 6.27. The maximum absolute atomic E-state index is 13.8. The summed E-state index contributed by atoms with van der Waals surface area (Å²) in [6, 6.07) is 5.44. The number of anilines is 1. The van der Waals surface area contributed by atoms with E-state index in [1.54, 1.807) is 46.2 Å². The molecule has 0 radical (unpaired) electrons. The topological polar surface area (TPSA) is 128 Å². The second-order valence-corrected chi connectivity index (χ2v) is 13.1. The number of aryl methyl sites for hydroxylation is 1. The lowest BCUT2D eigenvalue weighted by molar-refractivity contribution is -0.124. The molecule has 2 heterocycles. The minimum atomic E-state index is -3.96. The van der Waals surface area contributed by atoms with Gasteiger partial charge in [0, 0.05) is 12.5 Å². The first kappa shape index (κ1) is 29.3. The van der Waals surface area contributed by atoms with Crippen molar-refractivity contribution in [2.75, 3.05) is 4.90 Å². The van der Waals surface area contributed by atoms with Crippen LogP contribution in [-0.2, 0) is 43.5 Å². The number of amides is 3. The van der Waals surface area contributed by atoms with Crippen molar-refractivity contribution >= 4 is 33.4 Å². The molecule has 208 valence electrons. The standard InChI is InChI=1S/C27H38N4O6S/c1-9-20-23(21(10-2)30(29-20)16-17(3)28-25(34)37-26(4,5)6)38(35,36)19-13-11-18(12-14-19)31-22(32)15-27(7,8)24(31)33/h11-14,17H,9-10,15-16H2,1-8H3,(H,28,34). The molecule has 1 aliphatic heterocycles. The van der Waals surface area contributed by atoms with Crippen LogP contribution in [0.1, 0.15) is 73.2 Å². The molecule has 1 aliphatic rings. The number of aromatic nitrogens is 2. The van der Waals surface area contributed by atoms with E-state index in [0.717, 1.165) is 4.90 Å². The Labute approximate surface area is 224 Å². The van der Waals surface area contributed by atoms with E-state index >= 15 is 0 Å². The van der Waals surface area contributed by atoms with Crippen LogP contribution in [-0.4, -0.2) is 47.7 Å². The number of imide groups is 1. The maximum atomic E-state index is 13.8. The number of nitrogens with zero attached hydrogens (tertiary/aromatic N) is 3. The second-order valence-electron chi connectivity index (χ2n) is 11.3. The Morgan fingerprint density at radius 1 is 1.13 bits per heavy atom. The van der Waals surface area contributed by atoms with Gasteiger partial charge in [0.2, 0.25) is 21.7 Å². The Balaban J connectivity index is 1.91. The number of carbonyl (C=O) groups excluding carboxylic acids is 3. The fourth-order valence-electron chi connectivity index (χ4n) is 4.49. The van der Waals surface area contributed by atoms with Crippen molar-refractivity contribution in [1.29, 1.82) is 0 Å². The molecule has 0 saturated carbocycles. The van der Waals surface area contributed by atoms with Crippen molar-refractivity contribution in [3.63, 3.8) is 0 Å². The summed E-state index contributed by atoms with van der Waals surface area (Å²) in [5, 5.41) is 7.35. The Morgan fingerprint density at radius 3 is 2.21 bits per heavy atom. The molecule has 1 aromatic carbocycles. The van der Waals surface area contributed by atoms with Gasteiger partial charge >= 0.3 is 6.09 Å². The number of alkyl carbamates (subject to hydrolysis) is 1. The molecular weight excluding hydrogens is 508 g/mol. The van der Waals surface area contributed by atoms with Crippen LogP contribution < -0.4 is 10.2 Å². The minimum Gasteiger partial charge on any atom is -0.444 e. The number of rotatable bonds is 8. The highest BCUT2D eigenvalue weighted by Gasteiger charge is 2.45.